The van der Waals surface area contributed by atoms with Gasteiger partial charge >= 0.3 is 5.97 Å². The third kappa shape index (κ3) is 3.81. The fraction of sp³-hybridized carbons (Fsp3) is 0.700. The Morgan fingerprint density at radius 1 is 1.67 bits per heavy atom. The number of nitrogens with zero attached hydrogens (tertiary/aromatic N) is 1. The van der Waals surface area contributed by atoms with E-state index in [0.29, 0.717) is 18.1 Å². The Labute approximate surface area is 94.8 Å². The van der Waals surface area contributed by atoms with Gasteiger partial charge < -0.3 is 9.47 Å². The van der Waals surface area contributed by atoms with Crippen LogP contribution in [-0.2, 0) is 14.3 Å². The minimum atomic E-state index is -0.519. The van der Waals surface area contributed by atoms with Crippen molar-refractivity contribution in [1.29, 1.82) is 0 Å². The maximum absolute atomic E-state index is 11.3. The molecule has 1 heterocycles. The first-order chi connectivity index (χ1) is 7.02. The minimum absolute atomic E-state index is 0.00105. The van der Waals surface area contributed by atoms with Crippen LogP contribution >= 0.6 is 11.6 Å². The minimum Gasteiger partial charge on any atom is -0.467 e. The summed E-state index contributed by atoms with van der Waals surface area (Å²) >= 11 is 5.73. The van der Waals surface area contributed by atoms with Gasteiger partial charge in [0.15, 0.2) is 6.10 Å². The molecule has 1 unspecified atom stereocenters. The molecule has 5 heteroatoms. The van der Waals surface area contributed by atoms with Crippen LogP contribution in [0, 0.1) is 0 Å². The van der Waals surface area contributed by atoms with E-state index in [4.69, 9.17) is 16.3 Å². The summed E-state index contributed by atoms with van der Waals surface area (Å²) in [4.78, 5) is 13.3. The lowest BCUT2D eigenvalue weighted by Crippen LogP contribution is -2.50. The number of hydrogen-bond acceptors (Lipinski definition) is 4. The van der Waals surface area contributed by atoms with Crippen molar-refractivity contribution in [2.24, 2.45) is 0 Å². The number of carbonyl (C=O) groups is 1. The molecule has 15 heavy (non-hydrogen) atoms. The number of carbonyl (C=O) groups excluding carboxylic acids is 1. The fourth-order valence-electron chi connectivity index (χ4n) is 1.67. The van der Waals surface area contributed by atoms with Crippen LogP contribution in [-0.4, -0.2) is 49.8 Å². The van der Waals surface area contributed by atoms with Crippen molar-refractivity contribution in [3.05, 3.63) is 11.6 Å². The van der Waals surface area contributed by atoms with Crippen LogP contribution in [0.2, 0.25) is 0 Å². The van der Waals surface area contributed by atoms with Gasteiger partial charge in [-0.05, 0) is 6.92 Å². The van der Waals surface area contributed by atoms with Crippen molar-refractivity contribution in [2.75, 3.05) is 26.7 Å². The highest BCUT2D eigenvalue weighted by Gasteiger charge is 2.30. The standard InChI is InChI=1S/C10H16ClNO3/c1-7(11)4-12-5-8(2)15-9(6-12)10(13)14-3/h8-9H,1,4-6H2,2-3H3/t8-,9?/m1/s1. The van der Waals surface area contributed by atoms with Crippen LogP contribution in [0.25, 0.3) is 0 Å². The van der Waals surface area contributed by atoms with E-state index in [1.807, 2.05) is 11.8 Å². The van der Waals surface area contributed by atoms with E-state index in [2.05, 4.69) is 11.3 Å². The van der Waals surface area contributed by atoms with Crippen molar-refractivity contribution < 1.29 is 14.3 Å². The monoisotopic (exact) mass is 233 g/mol. The first kappa shape index (κ1) is 12.5. The molecular weight excluding hydrogens is 218 g/mol. The zero-order valence-electron chi connectivity index (χ0n) is 9.03. The molecule has 0 amide bonds. The molecule has 1 rings (SSSR count). The molecule has 0 bridgehead atoms. The molecule has 0 aromatic heterocycles. The number of methoxy groups -OCH3 is 1. The third-order valence-electron chi connectivity index (χ3n) is 2.20. The Morgan fingerprint density at radius 2 is 2.33 bits per heavy atom. The van der Waals surface area contributed by atoms with Crippen molar-refractivity contribution in [1.82, 2.24) is 4.90 Å². The van der Waals surface area contributed by atoms with Gasteiger partial charge in [-0.1, -0.05) is 18.2 Å². The molecule has 1 saturated heterocycles. The molecular formula is C10H16ClNO3. The lowest BCUT2D eigenvalue weighted by atomic mass is 10.2. The number of esters is 1. The van der Waals surface area contributed by atoms with Gasteiger partial charge in [-0.2, -0.15) is 0 Å². The van der Waals surface area contributed by atoms with Crippen LogP contribution in [0.4, 0.5) is 0 Å². The average Bonchev–Trinajstić information content (AvgIpc) is 2.14. The highest BCUT2D eigenvalue weighted by molar-refractivity contribution is 6.29. The number of hydrogen-bond donors (Lipinski definition) is 0. The zero-order chi connectivity index (χ0) is 11.4. The van der Waals surface area contributed by atoms with Crippen molar-refractivity contribution in [3.8, 4) is 0 Å². The SMILES string of the molecule is C=C(Cl)CN1CC(C(=O)OC)O[C@H](C)C1. The lowest BCUT2D eigenvalue weighted by Gasteiger charge is -2.35. The Bertz CT molecular complexity index is 257. The number of rotatable bonds is 3. The van der Waals surface area contributed by atoms with E-state index < -0.39 is 6.10 Å². The van der Waals surface area contributed by atoms with Crippen LogP contribution in [0.5, 0.6) is 0 Å². The highest BCUT2D eigenvalue weighted by Crippen LogP contribution is 2.14. The van der Waals surface area contributed by atoms with Crippen LogP contribution in [0.1, 0.15) is 6.92 Å². The van der Waals surface area contributed by atoms with Crippen molar-refractivity contribution in [2.45, 2.75) is 19.1 Å². The second-order valence-corrected chi connectivity index (χ2v) is 4.20. The van der Waals surface area contributed by atoms with E-state index in [0.717, 1.165) is 6.54 Å². The lowest BCUT2D eigenvalue weighted by molar-refractivity contribution is -0.165. The maximum Gasteiger partial charge on any atom is 0.336 e. The quantitative estimate of drug-likeness (QED) is 0.682. The fourth-order valence-corrected chi connectivity index (χ4v) is 1.84. The molecule has 86 valence electrons. The van der Waals surface area contributed by atoms with Gasteiger partial charge in [0, 0.05) is 24.7 Å². The van der Waals surface area contributed by atoms with Gasteiger partial charge in [-0.25, -0.2) is 4.79 Å². The Balaban J connectivity index is 2.55. The van der Waals surface area contributed by atoms with Gasteiger partial charge in [0.1, 0.15) is 0 Å². The van der Waals surface area contributed by atoms with Crippen molar-refractivity contribution >= 4 is 17.6 Å². The van der Waals surface area contributed by atoms with Gasteiger partial charge in [-0.15, -0.1) is 0 Å². The van der Waals surface area contributed by atoms with E-state index in [1.54, 1.807) is 0 Å². The second-order valence-electron chi connectivity index (χ2n) is 3.67. The molecule has 1 fully saturated rings. The predicted molar refractivity (Wildman–Crippen MR) is 57.8 cm³/mol. The van der Waals surface area contributed by atoms with Crippen LogP contribution in [0.15, 0.2) is 11.6 Å². The number of halogens is 1. The van der Waals surface area contributed by atoms with Gasteiger partial charge in [0.25, 0.3) is 0 Å². The Morgan fingerprint density at radius 3 is 2.87 bits per heavy atom. The molecule has 1 aliphatic heterocycles. The zero-order valence-corrected chi connectivity index (χ0v) is 9.79. The van der Waals surface area contributed by atoms with E-state index in [9.17, 15) is 4.79 Å². The van der Waals surface area contributed by atoms with Crippen LogP contribution < -0.4 is 0 Å². The molecule has 0 aliphatic carbocycles. The normalized spacial score (nSPS) is 27.4. The molecule has 4 nitrogen and oxygen atoms in total. The molecule has 0 radical (unpaired) electrons. The Kier molecular flexibility index (Phi) is 4.57. The third-order valence-corrected chi connectivity index (χ3v) is 2.31. The summed E-state index contributed by atoms with van der Waals surface area (Å²) in [5.41, 5.74) is 0. The van der Waals surface area contributed by atoms with E-state index in [1.165, 1.54) is 7.11 Å². The topological polar surface area (TPSA) is 38.8 Å². The summed E-state index contributed by atoms with van der Waals surface area (Å²) < 4.78 is 10.1. The average molecular weight is 234 g/mol. The summed E-state index contributed by atoms with van der Waals surface area (Å²) in [5, 5.41) is 0.563. The molecule has 0 saturated carbocycles. The Hall–Kier alpha value is -0.580. The summed E-state index contributed by atoms with van der Waals surface area (Å²) in [7, 11) is 1.36. The number of morpholine rings is 1. The molecule has 2 atom stereocenters. The van der Waals surface area contributed by atoms with Crippen LogP contribution in [0.3, 0.4) is 0 Å². The summed E-state index contributed by atoms with van der Waals surface area (Å²) in [6.07, 6.45) is -0.520. The van der Waals surface area contributed by atoms with E-state index >= 15 is 0 Å². The molecule has 0 aromatic carbocycles. The first-order valence-corrected chi connectivity index (χ1v) is 5.19. The molecule has 0 spiro atoms. The molecule has 0 aromatic rings. The predicted octanol–water partition coefficient (Wildman–Crippen LogP) is 1.00. The summed E-state index contributed by atoms with van der Waals surface area (Å²) in [6, 6.07) is 0. The summed E-state index contributed by atoms with van der Waals surface area (Å²) in [5.74, 6) is -0.341. The molecule has 1 aliphatic rings. The first-order valence-electron chi connectivity index (χ1n) is 4.82. The van der Waals surface area contributed by atoms with Gasteiger partial charge in [0.05, 0.1) is 13.2 Å². The highest BCUT2D eigenvalue weighted by atomic mass is 35.5. The smallest absolute Gasteiger partial charge is 0.336 e. The largest absolute Gasteiger partial charge is 0.467 e. The summed E-state index contributed by atoms with van der Waals surface area (Å²) in [6.45, 7) is 7.37. The van der Waals surface area contributed by atoms with Crippen molar-refractivity contribution in [3.63, 3.8) is 0 Å². The van der Waals surface area contributed by atoms with Gasteiger partial charge in [0.2, 0.25) is 0 Å². The van der Waals surface area contributed by atoms with Gasteiger partial charge in [-0.3, -0.25) is 4.90 Å². The molecule has 0 N–H and O–H groups in total. The van der Waals surface area contributed by atoms with E-state index in [-0.39, 0.29) is 12.1 Å². The second kappa shape index (κ2) is 5.49. The number of ether oxygens (including phenoxy) is 2. The maximum atomic E-state index is 11.3.